The van der Waals surface area contributed by atoms with Crippen LogP contribution in [0.15, 0.2) is 18.2 Å². The molecule has 6 heteroatoms. The molecule has 0 aliphatic rings. The Morgan fingerprint density at radius 2 is 1.65 bits per heavy atom. The lowest BCUT2D eigenvalue weighted by Gasteiger charge is -2.09. The highest BCUT2D eigenvalue weighted by molar-refractivity contribution is 5.95. The molecule has 128 valence electrons. The third-order valence-corrected chi connectivity index (χ3v) is 3.26. The normalized spacial score (nSPS) is 10.0. The molecule has 0 aliphatic heterocycles. The molecule has 6 nitrogen and oxygen atoms in total. The van der Waals surface area contributed by atoms with Crippen LogP contribution in [-0.2, 0) is 9.53 Å². The van der Waals surface area contributed by atoms with Crippen LogP contribution in [0, 0.1) is 0 Å². The summed E-state index contributed by atoms with van der Waals surface area (Å²) in [6.45, 7) is 2.76. The van der Waals surface area contributed by atoms with E-state index in [4.69, 9.17) is 14.2 Å². The Hall–Kier alpha value is -2.24. The molecule has 0 fully saturated rings. The lowest BCUT2D eigenvalue weighted by Crippen LogP contribution is -2.24. The molecule has 1 aromatic carbocycles. The Balaban J connectivity index is 2.33. The second kappa shape index (κ2) is 10.5. The van der Waals surface area contributed by atoms with Crippen LogP contribution in [-0.4, -0.2) is 39.2 Å². The maximum absolute atomic E-state index is 12.1. The smallest absolute Gasteiger partial charge is 0.305 e. The largest absolute Gasteiger partial charge is 0.497 e. The van der Waals surface area contributed by atoms with Crippen LogP contribution in [0.1, 0.15) is 43.0 Å². The summed E-state index contributed by atoms with van der Waals surface area (Å²) in [6, 6.07) is 5.05. The number of nitrogens with one attached hydrogen (secondary N) is 1. The Morgan fingerprint density at radius 3 is 2.22 bits per heavy atom. The van der Waals surface area contributed by atoms with Crippen molar-refractivity contribution < 1.29 is 23.8 Å². The van der Waals surface area contributed by atoms with Crippen LogP contribution in [0.4, 0.5) is 0 Å². The van der Waals surface area contributed by atoms with Gasteiger partial charge in [0, 0.05) is 24.6 Å². The van der Waals surface area contributed by atoms with Crippen LogP contribution in [0.2, 0.25) is 0 Å². The number of hydrogen-bond acceptors (Lipinski definition) is 5. The van der Waals surface area contributed by atoms with Gasteiger partial charge in [-0.05, 0) is 31.9 Å². The number of benzene rings is 1. The molecular formula is C17H25NO5. The second-order valence-electron chi connectivity index (χ2n) is 4.97. The van der Waals surface area contributed by atoms with E-state index < -0.39 is 0 Å². The zero-order valence-corrected chi connectivity index (χ0v) is 14.0. The number of hydrogen-bond donors (Lipinski definition) is 1. The quantitative estimate of drug-likeness (QED) is 0.529. The van der Waals surface area contributed by atoms with Crippen molar-refractivity contribution in [1.82, 2.24) is 5.32 Å². The van der Waals surface area contributed by atoms with Crippen molar-refractivity contribution in [2.75, 3.05) is 27.4 Å². The Morgan fingerprint density at radius 1 is 1.00 bits per heavy atom. The van der Waals surface area contributed by atoms with Crippen LogP contribution >= 0.6 is 0 Å². The van der Waals surface area contributed by atoms with Gasteiger partial charge < -0.3 is 19.5 Å². The SMILES string of the molecule is CCOC(=O)CCCCCNC(=O)c1cc(OC)cc(OC)c1. The van der Waals surface area contributed by atoms with E-state index >= 15 is 0 Å². The second-order valence-corrected chi connectivity index (χ2v) is 4.97. The van der Waals surface area contributed by atoms with E-state index in [0.717, 1.165) is 19.3 Å². The summed E-state index contributed by atoms with van der Waals surface area (Å²) in [5, 5.41) is 2.85. The van der Waals surface area contributed by atoms with Crippen molar-refractivity contribution in [2.24, 2.45) is 0 Å². The molecule has 0 aliphatic carbocycles. The van der Waals surface area contributed by atoms with Crippen molar-refractivity contribution >= 4 is 11.9 Å². The molecule has 23 heavy (non-hydrogen) atoms. The summed E-state index contributed by atoms with van der Waals surface area (Å²) in [5.41, 5.74) is 0.493. The monoisotopic (exact) mass is 323 g/mol. The number of methoxy groups -OCH3 is 2. The van der Waals surface area contributed by atoms with E-state index in [9.17, 15) is 9.59 Å². The standard InChI is InChI=1S/C17H25NO5/c1-4-23-16(19)8-6-5-7-9-18-17(20)13-10-14(21-2)12-15(11-13)22-3/h10-12H,4-9H2,1-3H3,(H,18,20). The number of ether oxygens (including phenoxy) is 3. The lowest BCUT2D eigenvalue weighted by atomic mass is 10.1. The number of carbonyl (C=O) groups excluding carboxylic acids is 2. The third kappa shape index (κ3) is 7.04. The molecule has 0 bridgehead atoms. The molecule has 0 saturated carbocycles. The van der Waals surface area contributed by atoms with Crippen LogP contribution in [0.3, 0.4) is 0 Å². The van der Waals surface area contributed by atoms with Gasteiger partial charge in [0.15, 0.2) is 0 Å². The predicted molar refractivity (Wildman–Crippen MR) is 87.0 cm³/mol. The fourth-order valence-electron chi connectivity index (χ4n) is 2.05. The van der Waals surface area contributed by atoms with Gasteiger partial charge >= 0.3 is 5.97 Å². The minimum atomic E-state index is -0.174. The highest BCUT2D eigenvalue weighted by Gasteiger charge is 2.09. The molecule has 0 heterocycles. The summed E-state index contributed by atoms with van der Waals surface area (Å²) >= 11 is 0. The molecular weight excluding hydrogens is 298 g/mol. The summed E-state index contributed by atoms with van der Waals surface area (Å²) in [4.78, 5) is 23.3. The number of unbranched alkanes of at least 4 members (excludes halogenated alkanes) is 2. The first-order chi connectivity index (χ1) is 11.1. The van der Waals surface area contributed by atoms with Crippen LogP contribution in [0.5, 0.6) is 11.5 Å². The van der Waals surface area contributed by atoms with Gasteiger partial charge in [-0.3, -0.25) is 9.59 Å². The fourth-order valence-corrected chi connectivity index (χ4v) is 2.05. The van der Waals surface area contributed by atoms with Gasteiger partial charge in [0.25, 0.3) is 5.91 Å². The average molecular weight is 323 g/mol. The molecule has 1 amide bonds. The first kappa shape index (κ1) is 18.8. The van der Waals surface area contributed by atoms with Crippen molar-refractivity contribution in [2.45, 2.75) is 32.6 Å². The van der Waals surface area contributed by atoms with E-state index in [1.54, 1.807) is 39.3 Å². The maximum Gasteiger partial charge on any atom is 0.305 e. The predicted octanol–water partition coefficient (Wildman–Crippen LogP) is 2.56. The minimum absolute atomic E-state index is 0.167. The molecule has 0 aromatic heterocycles. The van der Waals surface area contributed by atoms with Gasteiger partial charge in [-0.15, -0.1) is 0 Å². The van der Waals surface area contributed by atoms with Gasteiger partial charge in [0.05, 0.1) is 20.8 Å². The molecule has 1 aromatic rings. The number of amides is 1. The van der Waals surface area contributed by atoms with Crippen molar-refractivity contribution in [3.05, 3.63) is 23.8 Å². The van der Waals surface area contributed by atoms with E-state index in [0.29, 0.717) is 36.6 Å². The zero-order chi connectivity index (χ0) is 17.1. The van der Waals surface area contributed by atoms with E-state index in [-0.39, 0.29) is 11.9 Å². The third-order valence-electron chi connectivity index (χ3n) is 3.26. The van der Waals surface area contributed by atoms with Gasteiger partial charge in [0.1, 0.15) is 11.5 Å². The van der Waals surface area contributed by atoms with Gasteiger partial charge in [0.2, 0.25) is 0 Å². The van der Waals surface area contributed by atoms with E-state index in [1.165, 1.54) is 0 Å². The molecule has 0 unspecified atom stereocenters. The highest BCUT2D eigenvalue weighted by Crippen LogP contribution is 2.22. The molecule has 0 spiro atoms. The fraction of sp³-hybridized carbons (Fsp3) is 0.529. The summed E-state index contributed by atoms with van der Waals surface area (Å²) in [5.74, 6) is 0.806. The number of esters is 1. The summed E-state index contributed by atoms with van der Waals surface area (Å²) < 4.78 is 15.1. The van der Waals surface area contributed by atoms with Crippen LogP contribution in [0.25, 0.3) is 0 Å². The van der Waals surface area contributed by atoms with E-state index in [2.05, 4.69) is 5.32 Å². The first-order valence-electron chi connectivity index (χ1n) is 7.77. The van der Waals surface area contributed by atoms with E-state index in [1.807, 2.05) is 0 Å². The molecule has 0 atom stereocenters. The zero-order valence-electron chi connectivity index (χ0n) is 14.0. The lowest BCUT2D eigenvalue weighted by molar-refractivity contribution is -0.143. The molecule has 1 N–H and O–H groups in total. The molecule has 0 radical (unpaired) electrons. The van der Waals surface area contributed by atoms with Crippen molar-refractivity contribution in [3.63, 3.8) is 0 Å². The van der Waals surface area contributed by atoms with Crippen LogP contribution < -0.4 is 14.8 Å². The maximum atomic E-state index is 12.1. The topological polar surface area (TPSA) is 73.9 Å². The van der Waals surface area contributed by atoms with Crippen molar-refractivity contribution in [3.8, 4) is 11.5 Å². The average Bonchev–Trinajstić information content (AvgIpc) is 2.57. The summed E-state index contributed by atoms with van der Waals surface area (Å²) in [7, 11) is 3.08. The molecule has 0 saturated heterocycles. The molecule has 1 rings (SSSR count). The Bertz CT molecular complexity index is 493. The Labute approximate surface area is 137 Å². The van der Waals surface area contributed by atoms with Gasteiger partial charge in [-0.2, -0.15) is 0 Å². The number of rotatable bonds is 10. The highest BCUT2D eigenvalue weighted by atomic mass is 16.5. The number of carbonyl (C=O) groups is 2. The van der Waals surface area contributed by atoms with Gasteiger partial charge in [-0.1, -0.05) is 6.42 Å². The minimum Gasteiger partial charge on any atom is -0.497 e. The summed E-state index contributed by atoms with van der Waals surface area (Å²) in [6.07, 6.45) is 2.86. The first-order valence-corrected chi connectivity index (χ1v) is 7.77. The van der Waals surface area contributed by atoms with Gasteiger partial charge in [-0.25, -0.2) is 0 Å². The van der Waals surface area contributed by atoms with Crippen molar-refractivity contribution in [1.29, 1.82) is 0 Å². The Kier molecular flexibility index (Phi) is 8.57.